The molecule has 0 bridgehead atoms. The van der Waals surface area contributed by atoms with Gasteiger partial charge in [-0.15, -0.1) is 21.5 Å². The van der Waals surface area contributed by atoms with Gasteiger partial charge in [0.25, 0.3) is 0 Å². The van der Waals surface area contributed by atoms with Crippen LogP contribution in [0, 0.1) is 25.7 Å². The van der Waals surface area contributed by atoms with Gasteiger partial charge in [0.15, 0.2) is 11.6 Å². The maximum Gasteiger partial charge on any atom is 0.230 e. The number of rotatable bonds is 10. The molecule has 2 fully saturated rings. The van der Waals surface area contributed by atoms with Crippen LogP contribution in [0.25, 0.3) is 0 Å². The summed E-state index contributed by atoms with van der Waals surface area (Å²) >= 11 is 1.71. The summed E-state index contributed by atoms with van der Waals surface area (Å²) in [6, 6.07) is 0.130. The second-order valence-electron chi connectivity index (χ2n) is 10.7. The van der Waals surface area contributed by atoms with Crippen LogP contribution in [0.3, 0.4) is 0 Å². The number of ketones is 2. The molecule has 1 atom stereocenters. The van der Waals surface area contributed by atoms with Crippen LogP contribution < -0.4 is 5.32 Å². The van der Waals surface area contributed by atoms with Gasteiger partial charge in [0, 0.05) is 40.1 Å². The summed E-state index contributed by atoms with van der Waals surface area (Å²) in [6.45, 7) is 3.84. The predicted octanol–water partition coefficient (Wildman–Crippen LogP) is 5.11. The normalized spacial score (nSPS) is 19.2. The molecular formula is C27H32N6O2S. The number of nitrogens with one attached hydrogen (secondary N) is 1. The van der Waals surface area contributed by atoms with Crippen molar-refractivity contribution in [3.8, 4) is 0 Å². The van der Waals surface area contributed by atoms with E-state index in [1.807, 2.05) is 13.8 Å². The van der Waals surface area contributed by atoms with Gasteiger partial charge in [-0.3, -0.25) is 19.1 Å². The summed E-state index contributed by atoms with van der Waals surface area (Å²) < 4.78 is 2.06. The number of thiophene rings is 1. The number of Topliss-reactive ketones (excluding diaryl/α,β-unsaturated/α-hetero) is 2. The summed E-state index contributed by atoms with van der Waals surface area (Å²) in [7, 11) is 0. The topological polar surface area (TPSA) is 103 Å². The number of aryl methyl sites for hydroxylation is 3. The van der Waals surface area contributed by atoms with E-state index in [-0.39, 0.29) is 17.7 Å². The van der Waals surface area contributed by atoms with Gasteiger partial charge in [-0.25, -0.2) is 4.98 Å². The van der Waals surface area contributed by atoms with E-state index in [0.717, 1.165) is 65.9 Å². The molecule has 0 aliphatic heterocycles. The standard InChI is InChI=1S/C27H32N6O2S/c1-15-13-28-26(16(2)30-15)31-27-32-29-14-33(27)19-8-10-23-20(11-19)25(21(34)9-5-17-3-4-17)24(36-23)12-22(35)18-6-7-18/h13-14,17-19H,3-12H2,1-2H3,(H,28,31,32)/t19-/m1/s1. The zero-order chi connectivity index (χ0) is 24.8. The Balaban J connectivity index is 1.27. The van der Waals surface area contributed by atoms with E-state index in [4.69, 9.17) is 0 Å². The zero-order valence-corrected chi connectivity index (χ0v) is 21.7. The van der Waals surface area contributed by atoms with Gasteiger partial charge in [-0.2, -0.15) is 0 Å². The first-order chi connectivity index (χ1) is 17.5. The predicted molar refractivity (Wildman–Crippen MR) is 138 cm³/mol. The molecule has 188 valence electrons. The number of carbonyl (C=O) groups excluding carboxylic acids is 2. The number of carbonyl (C=O) groups is 2. The molecule has 0 unspecified atom stereocenters. The van der Waals surface area contributed by atoms with Crippen molar-refractivity contribution in [1.82, 2.24) is 24.7 Å². The minimum atomic E-state index is 0.130. The summed E-state index contributed by atoms with van der Waals surface area (Å²) in [5.41, 5.74) is 3.69. The molecule has 3 aromatic rings. The third-order valence-electron chi connectivity index (χ3n) is 7.69. The maximum absolute atomic E-state index is 13.5. The SMILES string of the molecule is Cc1cnc(Nc2nncn2[C@@H]2CCc3sc(CC(=O)C4CC4)c(C(=O)CCC4CC4)c3C2)c(C)n1. The van der Waals surface area contributed by atoms with Crippen molar-refractivity contribution in [1.29, 1.82) is 0 Å². The fraction of sp³-hybridized carbons (Fsp3) is 0.556. The van der Waals surface area contributed by atoms with Crippen molar-refractivity contribution < 1.29 is 9.59 Å². The highest BCUT2D eigenvalue weighted by Gasteiger charge is 2.35. The van der Waals surface area contributed by atoms with Crippen LogP contribution >= 0.6 is 11.3 Å². The Morgan fingerprint density at radius 1 is 1.17 bits per heavy atom. The number of nitrogens with zero attached hydrogens (tertiary/aromatic N) is 5. The number of fused-ring (bicyclic) bond motifs is 1. The van der Waals surface area contributed by atoms with Crippen molar-refractivity contribution in [2.24, 2.45) is 11.8 Å². The first-order valence-electron chi connectivity index (χ1n) is 13.1. The largest absolute Gasteiger partial charge is 0.307 e. The fourth-order valence-corrected chi connectivity index (χ4v) is 6.69. The molecule has 3 heterocycles. The highest BCUT2D eigenvalue weighted by atomic mass is 32.1. The van der Waals surface area contributed by atoms with Crippen LogP contribution in [0.5, 0.6) is 0 Å². The monoisotopic (exact) mass is 504 g/mol. The first kappa shape index (κ1) is 23.5. The molecule has 3 aliphatic carbocycles. The Kier molecular flexibility index (Phi) is 6.19. The lowest BCUT2D eigenvalue weighted by Crippen LogP contribution is -2.20. The molecule has 3 aromatic heterocycles. The lowest BCUT2D eigenvalue weighted by atomic mass is 9.88. The second-order valence-corrected chi connectivity index (χ2v) is 11.8. The van der Waals surface area contributed by atoms with Crippen molar-refractivity contribution in [3.05, 3.63) is 44.8 Å². The summed E-state index contributed by atoms with van der Waals surface area (Å²) in [5.74, 6) is 2.76. The Bertz CT molecular complexity index is 1320. The van der Waals surface area contributed by atoms with Crippen LogP contribution in [-0.4, -0.2) is 36.3 Å². The third-order valence-corrected chi connectivity index (χ3v) is 8.99. The van der Waals surface area contributed by atoms with Crippen molar-refractivity contribution in [2.45, 2.75) is 84.1 Å². The molecule has 0 amide bonds. The average Bonchev–Trinajstić information content (AvgIpc) is 3.78. The Hall–Kier alpha value is -2.94. The number of anilines is 2. The molecule has 9 heteroatoms. The van der Waals surface area contributed by atoms with Gasteiger partial charge in [0.1, 0.15) is 12.1 Å². The van der Waals surface area contributed by atoms with Gasteiger partial charge >= 0.3 is 0 Å². The summed E-state index contributed by atoms with van der Waals surface area (Å²) in [5, 5.41) is 11.8. The molecule has 0 aromatic carbocycles. The van der Waals surface area contributed by atoms with E-state index >= 15 is 0 Å². The van der Waals surface area contributed by atoms with E-state index in [1.54, 1.807) is 23.9 Å². The third kappa shape index (κ3) is 4.85. The molecule has 0 saturated heterocycles. The lowest BCUT2D eigenvalue weighted by Gasteiger charge is -2.25. The maximum atomic E-state index is 13.5. The minimum Gasteiger partial charge on any atom is -0.307 e. The molecule has 1 N–H and O–H groups in total. The zero-order valence-electron chi connectivity index (χ0n) is 20.9. The van der Waals surface area contributed by atoms with Crippen LogP contribution in [0.15, 0.2) is 12.5 Å². The average molecular weight is 505 g/mol. The molecule has 6 rings (SSSR count). The van der Waals surface area contributed by atoms with Gasteiger partial charge in [-0.05, 0) is 63.9 Å². The van der Waals surface area contributed by atoms with Crippen molar-refractivity contribution in [3.63, 3.8) is 0 Å². The van der Waals surface area contributed by atoms with Crippen LogP contribution in [0.1, 0.15) is 88.1 Å². The van der Waals surface area contributed by atoms with Crippen LogP contribution in [0.2, 0.25) is 0 Å². The molecule has 0 radical (unpaired) electrons. The molecule has 3 aliphatic rings. The second kappa shape index (κ2) is 9.50. The number of aromatic nitrogens is 5. The Labute approximate surface area is 215 Å². The highest BCUT2D eigenvalue weighted by molar-refractivity contribution is 7.12. The van der Waals surface area contributed by atoms with Gasteiger partial charge in [-0.1, -0.05) is 12.8 Å². The molecule has 8 nitrogen and oxygen atoms in total. The molecule has 36 heavy (non-hydrogen) atoms. The number of hydrogen-bond acceptors (Lipinski definition) is 8. The van der Waals surface area contributed by atoms with E-state index in [9.17, 15) is 9.59 Å². The fourth-order valence-electron chi connectivity index (χ4n) is 5.31. The van der Waals surface area contributed by atoms with E-state index < -0.39 is 0 Å². The smallest absolute Gasteiger partial charge is 0.230 e. The van der Waals surface area contributed by atoms with Crippen molar-refractivity contribution >= 4 is 34.7 Å². The first-order valence-corrected chi connectivity index (χ1v) is 13.9. The number of hydrogen-bond donors (Lipinski definition) is 1. The summed E-state index contributed by atoms with van der Waals surface area (Å²) in [4.78, 5) is 37.5. The van der Waals surface area contributed by atoms with Crippen LogP contribution in [0.4, 0.5) is 11.8 Å². The Morgan fingerprint density at radius 2 is 2.00 bits per heavy atom. The quantitative estimate of drug-likeness (QED) is 0.383. The highest BCUT2D eigenvalue weighted by Crippen LogP contribution is 2.42. The van der Waals surface area contributed by atoms with E-state index in [1.165, 1.54) is 17.7 Å². The molecular weight excluding hydrogens is 472 g/mol. The van der Waals surface area contributed by atoms with Gasteiger partial charge in [0.2, 0.25) is 5.95 Å². The Morgan fingerprint density at radius 3 is 2.75 bits per heavy atom. The van der Waals surface area contributed by atoms with Crippen molar-refractivity contribution in [2.75, 3.05) is 5.32 Å². The molecule has 2 saturated carbocycles. The molecule has 0 spiro atoms. The van der Waals surface area contributed by atoms with Crippen LogP contribution in [-0.2, 0) is 24.1 Å². The van der Waals surface area contributed by atoms with Gasteiger partial charge in [0.05, 0.1) is 17.6 Å². The lowest BCUT2D eigenvalue weighted by molar-refractivity contribution is -0.119. The van der Waals surface area contributed by atoms with E-state index in [2.05, 4.69) is 30.0 Å². The van der Waals surface area contributed by atoms with Gasteiger partial charge < -0.3 is 5.32 Å². The summed E-state index contributed by atoms with van der Waals surface area (Å²) in [6.07, 6.45) is 12.6. The minimum absolute atomic E-state index is 0.130. The van der Waals surface area contributed by atoms with E-state index in [0.29, 0.717) is 36.3 Å².